The molecule has 0 saturated heterocycles. The summed E-state index contributed by atoms with van der Waals surface area (Å²) in [6.45, 7) is 0. The highest BCUT2D eigenvalue weighted by atomic mass is 19.2. The Morgan fingerprint density at radius 1 is 1.03 bits per heavy atom. The molecule has 0 radical (unpaired) electrons. The van der Waals surface area contributed by atoms with Gasteiger partial charge in [-0.1, -0.05) is 0 Å². The minimum absolute atomic E-state index is 0.256. The first-order valence-corrected chi connectivity index (χ1v) is 9.41. The van der Waals surface area contributed by atoms with Crippen LogP contribution in [0.5, 0.6) is 0 Å². The van der Waals surface area contributed by atoms with Gasteiger partial charge in [-0.15, -0.1) is 0 Å². The fourth-order valence-electron chi connectivity index (χ4n) is 3.79. The molecular weight excluding hydrogens is 392 g/mol. The van der Waals surface area contributed by atoms with E-state index in [0.29, 0.717) is 35.2 Å². The number of benzene rings is 2. The van der Waals surface area contributed by atoms with Crippen LogP contribution in [0.15, 0.2) is 57.7 Å². The summed E-state index contributed by atoms with van der Waals surface area (Å²) in [6.07, 6.45) is 2.24. The van der Waals surface area contributed by atoms with Gasteiger partial charge in [0.2, 0.25) is 0 Å². The first-order chi connectivity index (χ1) is 14.5. The number of fused-ring (bicyclic) bond motifs is 2. The smallest absolute Gasteiger partial charge is 0.336 e. The Labute approximate surface area is 168 Å². The highest BCUT2D eigenvalue weighted by Crippen LogP contribution is 2.29. The molecule has 30 heavy (non-hydrogen) atoms. The van der Waals surface area contributed by atoms with Gasteiger partial charge in [-0.3, -0.25) is 4.79 Å². The highest BCUT2D eigenvalue weighted by Gasteiger charge is 2.27. The van der Waals surface area contributed by atoms with Gasteiger partial charge in [-0.25, -0.2) is 18.3 Å². The van der Waals surface area contributed by atoms with Crippen LogP contribution in [0.25, 0.3) is 16.7 Å². The van der Waals surface area contributed by atoms with Crippen LogP contribution in [-0.4, -0.2) is 15.7 Å². The van der Waals surface area contributed by atoms with Crippen molar-refractivity contribution in [2.45, 2.75) is 19.3 Å². The molecule has 4 aromatic rings. The second kappa shape index (κ2) is 6.91. The van der Waals surface area contributed by atoms with Gasteiger partial charge in [0, 0.05) is 34.5 Å². The molecule has 0 fully saturated rings. The predicted octanol–water partition coefficient (Wildman–Crippen LogP) is 4.00. The SMILES string of the molecule is O=C(Nc1ccc2oc(=O)ccc2c1)c1nn(-c2ccc(F)c(F)c2)c2c1CCC2. The van der Waals surface area contributed by atoms with E-state index in [0.717, 1.165) is 29.8 Å². The van der Waals surface area contributed by atoms with Gasteiger partial charge in [0.25, 0.3) is 5.91 Å². The van der Waals surface area contributed by atoms with Crippen molar-refractivity contribution in [3.8, 4) is 5.69 Å². The highest BCUT2D eigenvalue weighted by molar-refractivity contribution is 6.05. The maximum Gasteiger partial charge on any atom is 0.336 e. The maximum absolute atomic E-state index is 13.7. The topological polar surface area (TPSA) is 77.1 Å². The molecule has 2 heterocycles. The average Bonchev–Trinajstić information content (AvgIpc) is 3.33. The van der Waals surface area contributed by atoms with E-state index in [1.807, 2.05) is 0 Å². The molecule has 0 atom stereocenters. The Morgan fingerprint density at radius 2 is 1.90 bits per heavy atom. The van der Waals surface area contributed by atoms with Gasteiger partial charge >= 0.3 is 5.63 Å². The van der Waals surface area contributed by atoms with Crippen molar-refractivity contribution < 1.29 is 18.0 Å². The number of nitrogens with zero attached hydrogens (tertiary/aromatic N) is 2. The number of nitrogens with one attached hydrogen (secondary N) is 1. The Hall–Kier alpha value is -3.81. The van der Waals surface area contributed by atoms with E-state index < -0.39 is 23.2 Å². The molecule has 0 aliphatic heterocycles. The molecule has 1 amide bonds. The zero-order valence-corrected chi connectivity index (χ0v) is 15.6. The van der Waals surface area contributed by atoms with E-state index in [1.54, 1.807) is 24.3 Å². The van der Waals surface area contributed by atoms with Gasteiger partial charge in [0.15, 0.2) is 17.3 Å². The maximum atomic E-state index is 13.7. The summed E-state index contributed by atoms with van der Waals surface area (Å²) in [5.41, 5.74) is 2.76. The van der Waals surface area contributed by atoms with Crippen LogP contribution in [0.1, 0.15) is 28.2 Å². The number of carbonyl (C=O) groups excluding carboxylic acids is 1. The minimum atomic E-state index is -0.969. The van der Waals surface area contributed by atoms with Gasteiger partial charge in [0.1, 0.15) is 5.58 Å². The standard InChI is InChI=1S/C22H15F2N3O3/c23-16-7-6-14(11-17(16)24)27-18-3-1-2-15(18)21(26-27)22(29)25-13-5-8-19-12(10-13)4-9-20(28)30-19/h4-11H,1-3H2,(H,25,29). The molecule has 2 aromatic carbocycles. The Morgan fingerprint density at radius 3 is 2.73 bits per heavy atom. The Kier molecular flexibility index (Phi) is 4.20. The van der Waals surface area contributed by atoms with Crippen molar-refractivity contribution in [3.63, 3.8) is 0 Å². The van der Waals surface area contributed by atoms with E-state index in [9.17, 15) is 18.4 Å². The first kappa shape index (κ1) is 18.2. The third-order valence-corrected chi connectivity index (χ3v) is 5.17. The van der Waals surface area contributed by atoms with E-state index in [1.165, 1.54) is 16.8 Å². The number of amides is 1. The van der Waals surface area contributed by atoms with Crippen LogP contribution >= 0.6 is 0 Å². The molecular formula is C22H15F2N3O3. The number of hydrogen-bond donors (Lipinski definition) is 1. The summed E-state index contributed by atoms with van der Waals surface area (Å²) in [5, 5.41) is 7.88. The molecule has 0 saturated carbocycles. The van der Waals surface area contributed by atoms with Gasteiger partial charge in [-0.05, 0) is 55.7 Å². The van der Waals surface area contributed by atoms with Gasteiger partial charge in [0.05, 0.1) is 5.69 Å². The van der Waals surface area contributed by atoms with Crippen molar-refractivity contribution in [1.29, 1.82) is 0 Å². The lowest BCUT2D eigenvalue weighted by Crippen LogP contribution is -2.15. The molecule has 0 unspecified atom stereocenters. The fourth-order valence-corrected chi connectivity index (χ4v) is 3.79. The summed E-state index contributed by atoms with van der Waals surface area (Å²) < 4.78 is 33.6. The summed E-state index contributed by atoms with van der Waals surface area (Å²) in [6, 6.07) is 11.4. The Balaban J connectivity index is 1.50. The van der Waals surface area contributed by atoms with E-state index in [-0.39, 0.29) is 5.69 Å². The normalized spacial score (nSPS) is 12.9. The first-order valence-electron chi connectivity index (χ1n) is 9.41. The summed E-state index contributed by atoms with van der Waals surface area (Å²) in [7, 11) is 0. The molecule has 0 spiro atoms. The van der Waals surface area contributed by atoms with Crippen molar-refractivity contribution in [2.24, 2.45) is 0 Å². The molecule has 0 bridgehead atoms. The van der Waals surface area contributed by atoms with E-state index in [4.69, 9.17) is 4.42 Å². The second-order valence-electron chi connectivity index (χ2n) is 7.10. The van der Waals surface area contributed by atoms with E-state index >= 15 is 0 Å². The molecule has 150 valence electrons. The quantitative estimate of drug-likeness (QED) is 0.521. The zero-order valence-electron chi connectivity index (χ0n) is 15.6. The average molecular weight is 407 g/mol. The second-order valence-corrected chi connectivity index (χ2v) is 7.10. The number of anilines is 1. The monoisotopic (exact) mass is 407 g/mol. The van der Waals surface area contributed by atoms with Crippen molar-refractivity contribution in [2.75, 3.05) is 5.32 Å². The van der Waals surface area contributed by atoms with Gasteiger partial charge in [-0.2, -0.15) is 5.10 Å². The minimum Gasteiger partial charge on any atom is -0.423 e. The number of halogens is 2. The number of rotatable bonds is 3. The molecule has 8 heteroatoms. The number of aromatic nitrogens is 2. The number of carbonyl (C=O) groups is 1. The van der Waals surface area contributed by atoms with Crippen LogP contribution in [0.3, 0.4) is 0 Å². The molecule has 6 nitrogen and oxygen atoms in total. The summed E-state index contributed by atoms with van der Waals surface area (Å²) in [5.74, 6) is -2.30. The van der Waals surface area contributed by atoms with Crippen molar-refractivity contribution in [3.05, 3.63) is 87.5 Å². The van der Waals surface area contributed by atoms with Gasteiger partial charge < -0.3 is 9.73 Å². The third-order valence-electron chi connectivity index (χ3n) is 5.17. The lowest BCUT2D eigenvalue weighted by Gasteiger charge is -2.06. The summed E-state index contributed by atoms with van der Waals surface area (Å²) in [4.78, 5) is 24.2. The summed E-state index contributed by atoms with van der Waals surface area (Å²) >= 11 is 0. The predicted molar refractivity (Wildman–Crippen MR) is 106 cm³/mol. The fraction of sp³-hybridized carbons (Fsp3) is 0.136. The third kappa shape index (κ3) is 3.06. The lowest BCUT2D eigenvalue weighted by atomic mass is 10.1. The lowest BCUT2D eigenvalue weighted by molar-refractivity contribution is 0.102. The van der Waals surface area contributed by atoms with Crippen LogP contribution in [0.4, 0.5) is 14.5 Å². The molecule has 2 aromatic heterocycles. The van der Waals surface area contributed by atoms with Crippen LogP contribution < -0.4 is 10.9 Å². The zero-order chi connectivity index (χ0) is 20.8. The van der Waals surface area contributed by atoms with Crippen LogP contribution in [0, 0.1) is 11.6 Å². The Bertz CT molecular complexity index is 1370. The van der Waals surface area contributed by atoms with Crippen molar-refractivity contribution >= 4 is 22.6 Å². The molecule has 1 aliphatic carbocycles. The molecule has 1 N–H and O–H groups in total. The molecule has 1 aliphatic rings. The largest absolute Gasteiger partial charge is 0.423 e. The van der Waals surface area contributed by atoms with E-state index in [2.05, 4.69) is 10.4 Å². The van der Waals surface area contributed by atoms with Crippen LogP contribution in [-0.2, 0) is 12.8 Å². The molecule has 5 rings (SSSR count). The van der Waals surface area contributed by atoms with Crippen LogP contribution in [0.2, 0.25) is 0 Å². The van der Waals surface area contributed by atoms with Crippen molar-refractivity contribution in [1.82, 2.24) is 9.78 Å². The number of hydrogen-bond acceptors (Lipinski definition) is 4.